The van der Waals surface area contributed by atoms with E-state index >= 15 is 0 Å². The quantitative estimate of drug-likeness (QED) is 0.926. The smallest absolute Gasteiger partial charge is 0.317 e. The van der Waals surface area contributed by atoms with Crippen LogP contribution in [0.25, 0.3) is 0 Å². The van der Waals surface area contributed by atoms with Crippen molar-refractivity contribution in [3.05, 3.63) is 29.8 Å². The van der Waals surface area contributed by atoms with Gasteiger partial charge >= 0.3 is 6.03 Å². The van der Waals surface area contributed by atoms with Crippen LogP contribution in [0.15, 0.2) is 24.3 Å². The van der Waals surface area contributed by atoms with E-state index in [4.69, 9.17) is 0 Å². The fourth-order valence-electron chi connectivity index (χ4n) is 2.97. The Kier molecular flexibility index (Phi) is 4.08. The molecule has 3 amide bonds. The van der Waals surface area contributed by atoms with Crippen LogP contribution in [0.5, 0.6) is 0 Å². The monoisotopic (exact) mass is 287 g/mol. The fraction of sp³-hybridized carbons (Fsp3) is 0.500. The lowest BCUT2D eigenvalue weighted by Crippen LogP contribution is -2.37. The minimum Gasteiger partial charge on any atom is -0.334 e. The van der Waals surface area contributed by atoms with Crippen molar-refractivity contribution in [2.45, 2.75) is 32.2 Å². The third kappa shape index (κ3) is 3.17. The Morgan fingerprint density at radius 2 is 1.95 bits per heavy atom. The normalized spacial score (nSPS) is 18.4. The molecule has 0 saturated carbocycles. The van der Waals surface area contributed by atoms with Gasteiger partial charge in [0.25, 0.3) is 0 Å². The first-order chi connectivity index (χ1) is 10.2. The predicted molar refractivity (Wildman–Crippen MR) is 81.1 cm³/mol. The molecule has 0 atom stereocenters. The third-order valence-electron chi connectivity index (χ3n) is 4.13. The molecule has 2 saturated heterocycles. The average molecular weight is 287 g/mol. The molecule has 2 heterocycles. The molecule has 2 aliphatic rings. The first-order valence-electron chi connectivity index (χ1n) is 7.66. The van der Waals surface area contributed by atoms with Crippen LogP contribution in [0.3, 0.4) is 0 Å². The standard InChI is InChI=1S/C16H21N3O2/c20-15-7-4-10-19(15)14-6-3-5-13(11-14)12-17-16(21)18-8-1-2-9-18/h3,5-6,11H,1-2,4,7-10,12H2,(H,17,21). The number of carbonyl (C=O) groups excluding carboxylic acids is 2. The second kappa shape index (κ2) is 6.16. The fourth-order valence-corrected chi connectivity index (χ4v) is 2.97. The van der Waals surface area contributed by atoms with E-state index in [0.717, 1.165) is 50.1 Å². The van der Waals surface area contributed by atoms with Gasteiger partial charge in [-0.1, -0.05) is 12.1 Å². The molecule has 21 heavy (non-hydrogen) atoms. The summed E-state index contributed by atoms with van der Waals surface area (Å²) in [6, 6.07) is 7.88. The van der Waals surface area contributed by atoms with E-state index in [1.807, 2.05) is 34.1 Å². The molecule has 0 aliphatic carbocycles. The lowest BCUT2D eigenvalue weighted by Gasteiger charge is -2.18. The molecule has 2 aliphatic heterocycles. The molecule has 0 spiro atoms. The van der Waals surface area contributed by atoms with Crippen LogP contribution >= 0.6 is 0 Å². The lowest BCUT2D eigenvalue weighted by molar-refractivity contribution is -0.117. The highest BCUT2D eigenvalue weighted by molar-refractivity contribution is 5.95. The van der Waals surface area contributed by atoms with Crippen LogP contribution in [0, 0.1) is 0 Å². The second-order valence-electron chi connectivity index (χ2n) is 5.67. The number of likely N-dealkylation sites (tertiary alicyclic amines) is 1. The molecule has 0 bridgehead atoms. The maximum atomic E-state index is 12.0. The number of hydrogen-bond donors (Lipinski definition) is 1. The molecule has 5 heteroatoms. The van der Waals surface area contributed by atoms with Gasteiger partial charge in [0.1, 0.15) is 0 Å². The van der Waals surface area contributed by atoms with Gasteiger partial charge in [0, 0.05) is 38.3 Å². The summed E-state index contributed by atoms with van der Waals surface area (Å²) in [6.07, 6.45) is 3.75. The molecule has 1 aromatic carbocycles. The zero-order valence-electron chi connectivity index (χ0n) is 12.2. The maximum absolute atomic E-state index is 12.0. The SMILES string of the molecule is O=C(NCc1cccc(N2CCCC2=O)c1)N1CCCC1. The van der Waals surface area contributed by atoms with E-state index < -0.39 is 0 Å². The summed E-state index contributed by atoms with van der Waals surface area (Å²) in [5.74, 6) is 0.188. The molecule has 1 aromatic rings. The highest BCUT2D eigenvalue weighted by Gasteiger charge is 2.22. The van der Waals surface area contributed by atoms with Gasteiger partial charge in [-0.05, 0) is 37.0 Å². The Balaban J connectivity index is 1.60. The van der Waals surface area contributed by atoms with Gasteiger partial charge < -0.3 is 15.1 Å². The van der Waals surface area contributed by atoms with Crippen molar-refractivity contribution in [2.75, 3.05) is 24.5 Å². The summed E-state index contributed by atoms with van der Waals surface area (Å²) in [6.45, 7) is 3.01. The summed E-state index contributed by atoms with van der Waals surface area (Å²) < 4.78 is 0. The number of hydrogen-bond acceptors (Lipinski definition) is 2. The molecule has 0 unspecified atom stereocenters. The van der Waals surface area contributed by atoms with Gasteiger partial charge in [0.15, 0.2) is 0 Å². The summed E-state index contributed by atoms with van der Waals surface area (Å²) in [4.78, 5) is 27.4. The molecule has 1 N–H and O–H groups in total. The van der Waals surface area contributed by atoms with Crippen molar-refractivity contribution in [3.8, 4) is 0 Å². The van der Waals surface area contributed by atoms with E-state index in [0.29, 0.717) is 13.0 Å². The van der Waals surface area contributed by atoms with Gasteiger partial charge in [0.2, 0.25) is 5.91 Å². The van der Waals surface area contributed by atoms with Crippen molar-refractivity contribution >= 4 is 17.6 Å². The largest absolute Gasteiger partial charge is 0.334 e. The molecular weight excluding hydrogens is 266 g/mol. The molecule has 0 radical (unpaired) electrons. The van der Waals surface area contributed by atoms with E-state index in [-0.39, 0.29) is 11.9 Å². The van der Waals surface area contributed by atoms with Crippen LogP contribution < -0.4 is 10.2 Å². The Morgan fingerprint density at radius 3 is 2.67 bits per heavy atom. The number of nitrogens with one attached hydrogen (secondary N) is 1. The van der Waals surface area contributed by atoms with Crippen LogP contribution in [-0.4, -0.2) is 36.5 Å². The Bertz CT molecular complexity index is 538. The van der Waals surface area contributed by atoms with E-state index in [9.17, 15) is 9.59 Å². The highest BCUT2D eigenvalue weighted by Crippen LogP contribution is 2.22. The van der Waals surface area contributed by atoms with Crippen molar-refractivity contribution in [1.29, 1.82) is 0 Å². The van der Waals surface area contributed by atoms with Gasteiger partial charge in [-0.15, -0.1) is 0 Å². The van der Waals surface area contributed by atoms with E-state index in [2.05, 4.69) is 5.32 Å². The van der Waals surface area contributed by atoms with E-state index in [1.165, 1.54) is 0 Å². The zero-order chi connectivity index (χ0) is 14.7. The number of anilines is 1. The van der Waals surface area contributed by atoms with Crippen molar-refractivity contribution in [3.63, 3.8) is 0 Å². The van der Waals surface area contributed by atoms with Gasteiger partial charge in [0.05, 0.1) is 0 Å². The van der Waals surface area contributed by atoms with Crippen molar-refractivity contribution < 1.29 is 9.59 Å². The summed E-state index contributed by atoms with van der Waals surface area (Å²) in [7, 11) is 0. The number of carbonyl (C=O) groups is 2. The summed E-state index contributed by atoms with van der Waals surface area (Å²) >= 11 is 0. The second-order valence-corrected chi connectivity index (χ2v) is 5.67. The Hall–Kier alpha value is -2.04. The third-order valence-corrected chi connectivity index (χ3v) is 4.13. The minimum atomic E-state index is 0.00940. The Labute approximate surface area is 124 Å². The topological polar surface area (TPSA) is 52.7 Å². The number of rotatable bonds is 3. The molecule has 112 valence electrons. The van der Waals surface area contributed by atoms with Gasteiger partial charge in [-0.3, -0.25) is 4.79 Å². The van der Waals surface area contributed by atoms with Crippen LogP contribution in [0.1, 0.15) is 31.2 Å². The zero-order valence-corrected chi connectivity index (χ0v) is 12.2. The Morgan fingerprint density at radius 1 is 1.14 bits per heavy atom. The number of nitrogens with zero attached hydrogens (tertiary/aromatic N) is 2. The molecule has 0 aromatic heterocycles. The van der Waals surface area contributed by atoms with Crippen LogP contribution in [0.4, 0.5) is 10.5 Å². The van der Waals surface area contributed by atoms with Crippen molar-refractivity contribution in [1.82, 2.24) is 10.2 Å². The van der Waals surface area contributed by atoms with Gasteiger partial charge in [-0.2, -0.15) is 0 Å². The molecule has 3 rings (SSSR count). The van der Waals surface area contributed by atoms with Crippen LogP contribution in [0.2, 0.25) is 0 Å². The van der Waals surface area contributed by atoms with E-state index in [1.54, 1.807) is 0 Å². The maximum Gasteiger partial charge on any atom is 0.317 e. The summed E-state index contributed by atoms with van der Waals surface area (Å²) in [5, 5.41) is 2.95. The lowest BCUT2D eigenvalue weighted by atomic mass is 10.2. The average Bonchev–Trinajstić information content (AvgIpc) is 3.16. The highest BCUT2D eigenvalue weighted by atomic mass is 16.2. The number of amides is 3. The summed E-state index contributed by atoms with van der Waals surface area (Å²) in [5.41, 5.74) is 1.96. The first kappa shape index (κ1) is 13.9. The number of urea groups is 1. The predicted octanol–water partition coefficient (Wildman–Crippen LogP) is 2.12. The molecule has 2 fully saturated rings. The van der Waals surface area contributed by atoms with Crippen LogP contribution in [-0.2, 0) is 11.3 Å². The first-order valence-corrected chi connectivity index (χ1v) is 7.66. The van der Waals surface area contributed by atoms with Gasteiger partial charge in [-0.25, -0.2) is 4.79 Å². The minimum absolute atomic E-state index is 0.00940. The molecular formula is C16H21N3O2. The van der Waals surface area contributed by atoms with Crippen molar-refractivity contribution in [2.24, 2.45) is 0 Å². The number of benzene rings is 1. The molecule has 5 nitrogen and oxygen atoms in total.